The summed E-state index contributed by atoms with van der Waals surface area (Å²) in [5.74, 6) is 1.33. The molecular weight excluding hydrogens is 258 g/mol. The van der Waals surface area contributed by atoms with Crippen LogP contribution in [0.25, 0.3) is 0 Å². The van der Waals surface area contributed by atoms with Gasteiger partial charge in [0.25, 0.3) is 0 Å². The molecule has 21 heavy (non-hydrogen) atoms. The molecule has 0 bridgehead atoms. The van der Waals surface area contributed by atoms with E-state index in [2.05, 4.69) is 34.2 Å². The molecule has 2 fully saturated rings. The number of hydrogen-bond donors (Lipinski definition) is 1. The van der Waals surface area contributed by atoms with E-state index >= 15 is 0 Å². The highest BCUT2D eigenvalue weighted by atomic mass is 15.1. The smallest absolute Gasteiger partial charge is 0.103 e. The summed E-state index contributed by atoms with van der Waals surface area (Å²) in [5, 5.41) is 0. The van der Waals surface area contributed by atoms with Crippen molar-refractivity contribution in [3.63, 3.8) is 0 Å². The van der Waals surface area contributed by atoms with E-state index in [1.165, 1.54) is 70.1 Å². The molecule has 1 aromatic rings. The maximum Gasteiger partial charge on any atom is 0.103 e. The van der Waals surface area contributed by atoms with E-state index in [-0.39, 0.29) is 0 Å². The second-order valence-corrected chi connectivity index (χ2v) is 6.44. The number of anilines is 1. The first-order chi connectivity index (χ1) is 10.3. The predicted octanol–water partition coefficient (Wildman–Crippen LogP) is 4.25. The summed E-state index contributed by atoms with van der Waals surface area (Å²) < 4.78 is 0. The van der Waals surface area contributed by atoms with Gasteiger partial charge in [0, 0.05) is 24.7 Å². The maximum absolute atomic E-state index is 6.20. The monoisotopic (exact) mass is 285 g/mol. The van der Waals surface area contributed by atoms with Gasteiger partial charge in [0.2, 0.25) is 0 Å². The van der Waals surface area contributed by atoms with Crippen LogP contribution in [-0.4, -0.2) is 18.9 Å². The van der Waals surface area contributed by atoms with Crippen molar-refractivity contribution >= 4 is 17.2 Å². The Hall–Kier alpha value is -1.51. The molecule has 3 rings (SSSR count). The summed E-state index contributed by atoms with van der Waals surface area (Å²) >= 11 is 0. The second-order valence-electron chi connectivity index (χ2n) is 6.44. The van der Waals surface area contributed by atoms with Crippen LogP contribution in [0.1, 0.15) is 51.4 Å². The van der Waals surface area contributed by atoms with Gasteiger partial charge in [0.1, 0.15) is 5.84 Å². The zero-order valence-electron chi connectivity index (χ0n) is 12.9. The lowest BCUT2D eigenvalue weighted by Gasteiger charge is -2.28. The van der Waals surface area contributed by atoms with Crippen LogP contribution in [-0.2, 0) is 0 Å². The minimum Gasteiger partial charge on any atom is -0.387 e. The van der Waals surface area contributed by atoms with Gasteiger partial charge in [-0.3, -0.25) is 0 Å². The third-order valence-corrected chi connectivity index (χ3v) is 4.85. The molecule has 1 saturated heterocycles. The number of rotatable bonds is 3. The molecule has 114 valence electrons. The number of amidine groups is 1. The van der Waals surface area contributed by atoms with Crippen LogP contribution in [0, 0.1) is 5.92 Å². The summed E-state index contributed by atoms with van der Waals surface area (Å²) in [6, 6.07) is 8.61. The van der Waals surface area contributed by atoms with E-state index < -0.39 is 0 Å². The van der Waals surface area contributed by atoms with E-state index in [0.717, 1.165) is 11.5 Å². The Bertz CT molecular complexity index is 466. The summed E-state index contributed by atoms with van der Waals surface area (Å²) in [6.07, 6.45) is 10.4. The fourth-order valence-corrected chi connectivity index (χ4v) is 3.53. The zero-order valence-corrected chi connectivity index (χ0v) is 12.9. The predicted molar refractivity (Wildman–Crippen MR) is 90.4 cm³/mol. The van der Waals surface area contributed by atoms with Crippen LogP contribution < -0.4 is 10.6 Å². The Morgan fingerprint density at radius 2 is 1.52 bits per heavy atom. The molecule has 1 saturated carbocycles. The molecule has 0 unspecified atom stereocenters. The fourth-order valence-electron chi connectivity index (χ4n) is 3.53. The number of nitrogens with zero attached hydrogens (tertiary/aromatic N) is 2. The Labute approximate surface area is 128 Å². The number of piperidine rings is 1. The van der Waals surface area contributed by atoms with Crippen molar-refractivity contribution in [2.75, 3.05) is 18.0 Å². The van der Waals surface area contributed by atoms with Crippen molar-refractivity contribution in [1.82, 2.24) is 0 Å². The van der Waals surface area contributed by atoms with Crippen LogP contribution >= 0.6 is 0 Å². The van der Waals surface area contributed by atoms with E-state index in [9.17, 15) is 0 Å². The Morgan fingerprint density at radius 3 is 2.19 bits per heavy atom. The van der Waals surface area contributed by atoms with Gasteiger partial charge in [0.05, 0.1) is 5.69 Å². The topological polar surface area (TPSA) is 41.6 Å². The van der Waals surface area contributed by atoms with Gasteiger partial charge in [-0.25, -0.2) is 4.99 Å². The summed E-state index contributed by atoms with van der Waals surface area (Å²) in [7, 11) is 0. The lowest BCUT2D eigenvalue weighted by Crippen LogP contribution is -2.29. The highest BCUT2D eigenvalue weighted by Crippen LogP contribution is 2.26. The number of nitrogens with two attached hydrogens (primary N) is 1. The minimum atomic E-state index is 0.500. The molecule has 0 aromatic heterocycles. The van der Waals surface area contributed by atoms with Crippen LogP contribution in [0.15, 0.2) is 29.3 Å². The zero-order chi connectivity index (χ0) is 14.5. The van der Waals surface area contributed by atoms with Gasteiger partial charge in [0.15, 0.2) is 0 Å². The molecule has 3 nitrogen and oxygen atoms in total. The summed E-state index contributed by atoms with van der Waals surface area (Å²) in [5.41, 5.74) is 8.52. The normalized spacial score (nSPS) is 21.5. The Kier molecular flexibility index (Phi) is 4.79. The maximum atomic E-state index is 6.20. The van der Waals surface area contributed by atoms with Crippen LogP contribution in [0.4, 0.5) is 11.4 Å². The van der Waals surface area contributed by atoms with E-state index in [0.29, 0.717) is 5.92 Å². The van der Waals surface area contributed by atoms with Crippen molar-refractivity contribution in [3.8, 4) is 0 Å². The molecule has 3 heteroatoms. The first-order valence-electron chi connectivity index (χ1n) is 8.52. The average molecular weight is 285 g/mol. The molecule has 1 heterocycles. The van der Waals surface area contributed by atoms with Gasteiger partial charge >= 0.3 is 0 Å². The Balaban J connectivity index is 1.65. The van der Waals surface area contributed by atoms with Gasteiger partial charge in [-0.1, -0.05) is 19.3 Å². The first kappa shape index (κ1) is 14.4. The standard InChI is InChI=1S/C18H27N3/c19-18(15-7-3-1-4-8-15)20-16-9-11-17(12-10-16)21-13-5-2-6-14-21/h9-12,15H,1-8,13-14H2,(H2,19,20). The molecule has 1 aliphatic carbocycles. The highest BCUT2D eigenvalue weighted by molar-refractivity contribution is 5.85. The molecule has 0 spiro atoms. The fraction of sp³-hybridized carbons (Fsp3) is 0.611. The molecular formula is C18H27N3. The van der Waals surface area contributed by atoms with Crippen molar-refractivity contribution in [1.29, 1.82) is 0 Å². The number of benzene rings is 1. The van der Waals surface area contributed by atoms with Crippen LogP contribution in [0.2, 0.25) is 0 Å². The van der Waals surface area contributed by atoms with E-state index in [4.69, 9.17) is 5.73 Å². The van der Waals surface area contributed by atoms with Gasteiger partial charge in [-0.15, -0.1) is 0 Å². The van der Waals surface area contributed by atoms with E-state index in [1.54, 1.807) is 0 Å². The largest absolute Gasteiger partial charge is 0.387 e. The molecule has 2 N–H and O–H groups in total. The molecule has 0 amide bonds. The van der Waals surface area contributed by atoms with Crippen LogP contribution in [0.3, 0.4) is 0 Å². The number of aliphatic imine (C=N–C) groups is 1. The van der Waals surface area contributed by atoms with Crippen molar-refractivity contribution in [2.45, 2.75) is 51.4 Å². The molecule has 0 atom stereocenters. The highest BCUT2D eigenvalue weighted by Gasteiger charge is 2.17. The number of hydrogen-bond acceptors (Lipinski definition) is 2. The molecule has 1 aromatic carbocycles. The van der Waals surface area contributed by atoms with Crippen molar-refractivity contribution < 1.29 is 0 Å². The van der Waals surface area contributed by atoms with E-state index in [1.807, 2.05) is 0 Å². The molecule has 1 aliphatic heterocycles. The van der Waals surface area contributed by atoms with Crippen molar-refractivity contribution in [2.24, 2.45) is 16.6 Å². The van der Waals surface area contributed by atoms with Gasteiger partial charge < -0.3 is 10.6 Å². The Morgan fingerprint density at radius 1 is 0.905 bits per heavy atom. The van der Waals surface area contributed by atoms with Crippen molar-refractivity contribution in [3.05, 3.63) is 24.3 Å². The summed E-state index contributed by atoms with van der Waals surface area (Å²) in [6.45, 7) is 2.37. The lowest BCUT2D eigenvalue weighted by molar-refractivity contribution is 0.437. The second kappa shape index (κ2) is 6.97. The first-order valence-corrected chi connectivity index (χ1v) is 8.52. The molecule has 0 radical (unpaired) electrons. The summed E-state index contributed by atoms with van der Waals surface area (Å²) in [4.78, 5) is 7.12. The SMILES string of the molecule is NC(=Nc1ccc(N2CCCCC2)cc1)C1CCCCC1. The third kappa shape index (κ3) is 3.78. The minimum absolute atomic E-state index is 0.500. The quantitative estimate of drug-likeness (QED) is 0.666. The molecule has 2 aliphatic rings. The average Bonchev–Trinajstić information content (AvgIpc) is 2.57. The van der Waals surface area contributed by atoms with Gasteiger partial charge in [-0.2, -0.15) is 0 Å². The lowest BCUT2D eigenvalue weighted by atomic mass is 9.88. The third-order valence-electron chi connectivity index (χ3n) is 4.85. The van der Waals surface area contributed by atoms with Crippen LogP contribution in [0.5, 0.6) is 0 Å². The van der Waals surface area contributed by atoms with Gasteiger partial charge in [-0.05, 0) is 56.4 Å².